The summed E-state index contributed by atoms with van der Waals surface area (Å²) in [6, 6.07) is 16.1. The average molecular weight is 328 g/mol. The lowest BCUT2D eigenvalue weighted by atomic mass is 10.1. The molecular formula is C18H20N2O4. The standard InChI is InChI=1S/C18H20N2O4/c1-2-23-18(22)24-16-10-8-15(9-11-16)20-17(21)19-13-12-14-6-4-3-5-7-14/h3-11H,2,12-13H2,1H3,(H2,19,20,21). The van der Waals surface area contributed by atoms with E-state index in [-0.39, 0.29) is 12.6 Å². The summed E-state index contributed by atoms with van der Waals surface area (Å²) in [6.45, 7) is 2.49. The zero-order valence-corrected chi connectivity index (χ0v) is 13.5. The Morgan fingerprint density at radius 1 is 1.00 bits per heavy atom. The Morgan fingerprint density at radius 2 is 1.71 bits per heavy atom. The van der Waals surface area contributed by atoms with Crippen LogP contribution in [-0.4, -0.2) is 25.3 Å². The molecule has 2 rings (SSSR count). The van der Waals surface area contributed by atoms with Crippen LogP contribution in [0.15, 0.2) is 54.6 Å². The average Bonchev–Trinajstić information content (AvgIpc) is 2.58. The molecule has 0 aliphatic carbocycles. The lowest BCUT2D eigenvalue weighted by Gasteiger charge is -2.09. The van der Waals surface area contributed by atoms with Crippen LogP contribution in [0.25, 0.3) is 0 Å². The van der Waals surface area contributed by atoms with Gasteiger partial charge in [-0.15, -0.1) is 0 Å². The molecule has 0 aliphatic heterocycles. The van der Waals surface area contributed by atoms with Gasteiger partial charge in [-0.05, 0) is 43.2 Å². The van der Waals surface area contributed by atoms with E-state index in [0.29, 0.717) is 18.0 Å². The summed E-state index contributed by atoms with van der Waals surface area (Å²) in [4.78, 5) is 23.0. The molecule has 0 radical (unpaired) electrons. The van der Waals surface area contributed by atoms with Gasteiger partial charge in [0.25, 0.3) is 0 Å². The van der Waals surface area contributed by atoms with Gasteiger partial charge >= 0.3 is 12.2 Å². The van der Waals surface area contributed by atoms with Crippen LogP contribution >= 0.6 is 0 Å². The van der Waals surface area contributed by atoms with E-state index in [1.807, 2.05) is 30.3 Å². The minimum absolute atomic E-state index is 0.252. The maximum Gasteiger partial charge on any atom is 0.513 e. The lowest BCUT2D eigenvalue weighted by Crippen LogP contribution is -2.30. The number of hydrogen-bond acceptors (Lipinski definition) is 4. The maximum absolute atomic E-state index is 11.8. The molecule has 6 nitrogen and oxygen atoms in total. The van der Waals surface area contributed by atoms with Crippen LogP contribution in [-0.2, 0) is 11.2 Å². The van der Waals surface area contributed by atoms with E-state index in [2.05, 4.69) is 15.4 Å². The quantitative estimate of drug-likeness (QED) is 0.627. The van der Waals surface area contributed by atoms with Crippen molar-refractivity contribution in [2.24, 2.45) is 0 Å². The number of carbonyl (C=O) groups excluding carboxylic acids is 2. The van der Waals surface area contributed by atoms with Gasteiger partial charge in [0.1, 0.15) is 5.75 Å². The molecule has 0 spiro atoms. The molecule has 6 heteroatoms. The van der Waals surface area contributed by atoms with Crippen molar-refractivity contribution in [1.82, 2.24) is 5.32 Å². The van der Waals surface area contributed by atoms with Gasteiger partial charge in [-0.2, -0.15) is 0 Å². The SMILES string of the molecule is CCOC(=O)Oc1ccc(NC(=O)NCCc2ccccc2)cc1. The molecule has 0 fully saturated rings. The van der Waals surface area contributed by atoms with Crippen LogP contribution < -0.4 is 15.4 Å². The minimum Gasteiger partial charge on any atom is -0.434 e. The number of carbonyl (C=O) groups is 2. The zero-order chi connectivity index (χ0) is 17.2. The molecule has 2 aromatic rings. The highest BCUT2D eigenvalue weighted by atomic mass is 16.7. The molecule has 2 amide bonds. The number of urea groups is 1. The fraction of sp³-hybridized carbons (Fsp3) is 0.222. The molecule has 0 bridgehead atoms. The first-order chi connectivity index (χ1) is 11.7. The van der Waals surface area contributed by atoms with Gasteiger partial charge < -0.3 is 20.1 Å². The molecule has 0 unspecified atom stereocenters. The third-order valence-electron chi connectivity index (χ3n) is 3.12. The van der Waals surface area contributed by atoms with E-state index >= 15 is 0 Å². The molecule has 2 N–H and O–H groups in total. The van der Waals surface area contributed by atoms with Crippen LogP contribution in [0, 0.1) is 0 Å². The van der Waals surface area contributed by atoms with Gasteiger partial charge in [-0.25, -0.2) is 9.59 Å². The monoisotopic (exact) mass is 328 g/mol. The van der Waals surface area contributed by atoms with Gasteiger partial charge in [0.05, 0.1) is 6.61 Å². The fourth-order valence-electron chi connectivity index (χ4n) is 1.99. The van der Waals surface area contributed by atoms with Crippen LogP contribution in [0.3, 0.4) is 0 Å². The van der Waals surface area contributed by atoms with Crippen molar-refractivity contribution in [1.29, 1.82) is 0 Å². The fourth-order valence-corrected chi connectivity index (χ4v) is 1.99. The Bertz CT molecular complexity index is 656. The number of hydrogen-bond donors (Lipinski definition) is 2. The first-order valence-corrected chi connectivity index (χ1v) is 7.71. The van der Waals surface area contributed by atoms with Gasteiger partial charge in [-0.3, -0.25) is 0 Å². The highest BCUT2D eigenvalue weighted by Crippen LogP contribution is 2.16. The summed E-state index contributed by atoms with van der Waals surface area (Å²) in [5, 5.41) is 5.50. The predicted octanol–water partition coefficient (Wildman–Crippen LogP) is 3.59. The van der Waals surface area contributed by atoms with E-state index in [9.17, 15) is 9.59 Å². The first-order valence-electron chi connectivity index (χ1n) is 7.71. The summed E-state index contributed by atoms with van der Waals surface area (Å²) in [7, 11) is 0. The predicted molar refractivity (Wildman–Crippen MR) is 91.3 cm³/mol. The number of ether oxygens (including phenoxy) is 2. The van der Waals surface area contributed by atoms with Gasteiger partial charge in [0.15, 0.2) is 0 Å². The van der Waals surface area contributed by atoms with E-state index in [1.165, 1.54) is 5.56 Å². The smallest absolute Gasteiger partial charge is 0.434 e. The molecule has 0 saturated carbocycles. The van der Waals surface area contributed by atoms with Crippen molar-refractivity contribution in [2.45, 2.75) is 13.3 Å². The normalized spacial score (nSPS) is 9.88. The summed E-state index contributed by atoms with van der Waals surface area (Å²) in [5.74, 6) is 0.350. The van der Waals surface area contributed by atoms with E-state index in [4.69, 9.17) is 4.74 Å². The first kappa shape index (κ1) is 17.3. The molecule has 0 aliphatic rings. The lowest BCUT2D eigenvalue weighted by molar-refractivity contribution is 0.104. The highest BCUT2D eigenvalue weighted by molar-refractivity contribution is 5.89. The molecule has 0 atom stereocenters. The van der Waals surface area contributed by atoms with Crippen LogP contribution in [0.1, 0.15) is 12.5 Å². The van der Waals surface area contributed by atoms with E-state index < -0.39 is 6.16 Å². The number of benzene rings is 2. The van der Waals surface area contributed by atoms with E-state index in [0.717, 1.165) is 6.42 Å². The Hall–Kier alpha value is -3.02. The topological polar surface area (TPSA) is 76.7 Å². The van der Waals surface area contributed by atoms with Crippen molar-refractivity contribution < 1.29 is 19.1 Å². The van der Waals surface area contributed by atoms with Crippen LogP contribution in [0.5, 0.6) is 5.75 Å². The molecule has 126 valence electrons. The second-order valence-corrected chi connectivity index (χ2v) is 4.93. The third kappa shape index (κ3) is 6.00. The summed E-state index contributed by atoms with van der Waals surface area (Å²) >= 11 is 0. The van der Waals surface area contributed by atoms with Crippen molar-refractivity contribution >= 4 is 17.9 Å². The molecule has 0 saturated heterocycles. The zero-order valence-electron chi connectivity index (χ0n) is 13.5. The Labute approximate surface area is 140 Å². The summed E-state index contributed by atoms with van der Waals surface area (Å²) < 4.78 is 9.62. The number of rotatable bonds is 6. The maximum atomic E-state index is 11.8. The second kappa shape index (κ2) is 9.19. The molecule has 0 aromatic heterocycles. The Morgan fingerprint density at radius 3 is 2.38 bits per heavy atom. The van der Waals surface area contributed by atoms with Crippen molar-refractivity contribution in [3.8, 4) is 5.75 Å². The van der Waals surface area contributed by atoms with Gasteiger partial charge in [-0.1, -0.05) is 30.3 Å². The van der Waals surface area contributed by atoms with E-state index in [1.54, 1.807) is 31.2 Å². The highest BCUT2D eigenvalue weighted by Gasteiger charge is 2.06. The number of anilines is 1. The molecule has 2 aromatic carbocycles. The Balaban J connectivity index is 1.74. The van der Waals surface area contributed by atoms with Crippen molar-refractivity contribution in [3.63, 3.8) is 0 Å². The number of nitrogens with one attached hydrogen (secondary N) is 2. The minimum atomic E-state index is -0.753. The van der Waals surface area contributed by atoms with Gasteiger partial charge in [0, 0.05) is 12.2 Å². The van der Waals surface area contributed by atoms with Crippen LogP contribution in [0.2, 0.25) is 0 Å². The number of amides is 2. The largest absolute Gasteiger partial charge is 0.513 e. The summed E-state index contributed by atoms with van der Waals surface area (Å²) in [5.41, 5.74) is 1.77. The van der Waals surface area contributed by atoms with Crippen molar-refractivity contribution in [3.05, 3.63) is 60.2 Å². The Kier molecular flexibility index (Phi) is 6.64. The van der Waals surface area contributed by atoms with Crippen LogP contribution in [0.4, 0.5) is 15.3 Å². The molecule has 24 heavy (non-hydrogen) atoms. The third-order valence-corrected chi connectivity index (χ3v) is 3.12. The second-order valence-electron chi connectivity index (χ2n) is 4.93. The van der Waals surface area contributed by atoms with Crippen molar-refractivity contribution in [2.75, 3.05) is 18.5 Å². The molecule has 0 heterocycles. The summed E-state index contributed by atoms with van der Waals surface area (Å²) in [6.07, 6.45) is 0.0116. The molecular weight excluding hydrogens is 308 g/mol. The van der Waals surface area contributed by atoms with Gasteiger partial charge in [0.2, 0.25) is 0 Å².